The molecule has 0 radical (unpaired) electrons. The molecule has 0 saturated heterocycles. The van der Waals surface area contributed by atoms with Crippen LogP contribution in [0.3, 0.4) is 0 Å². The molecule has 1 aromatic carbocycles. The molecule has 1 atom stereocenters. The molecule has 122 valence electrons. The molecule has 0 spiro atoms. The molecule has 3 rings (SSSR count). The third kappa shape index (κ3) is 3.70. The van der Waals surface area contributed by atoms with Crippen LogP contribution < -0.4 is 10.6 Å². The van der Waals surface area contributed by atoms with Gasteiger partial charge in [-0.15, -0.1) is 10.2 Å². The van der Waals surface area contributed by atoms with Crippen molar-refractivity contribution in [2.45, 2.75) is 45.2 Å². The third-order valence-electron chi connectivity index (χ3n) is 4.45. The fourth-order valence-electron chi connectivity index (χ4n) is 3.18. The first-order valence-corrected chi connectivity index (χ1v) is 8.24. The minimum absolute atomic E-state index is 0.154. The molecule has 1 aliphatic carbocycles. The average Bonchev–Trinajstić information content (AvgIpc) is 3.05. The van der Waals surface area contributed by atoms with E-state index in [-0.39, 0.29) is 6.03 Å². The van der Waals surface area contributed by atoms with Crippen molar-refractivity contribution >= 4 is 6.03 Å². The van der Waals surface area contributed by atoms with Crippen molar-refractivity contribution in [1.29, 1.82) is 0 Å². The van der Waals surface area contributed by atoms with E-state index >= 15 is 0 Å². The maximum absolute atomic E-state index is 12.0. The second kappa shape index (κ2) is 7.26. The molecular weight excluding hydrogens is 290 g/mol. The number of carbonyl (C=O) groups excluding carboxylic acids is 1. The molecule has 1 aromatic heterocycles. The van der Waals surface area contributed by atoms with Crippen LogP contribution in [0.25, 0.3) is 0 Å². The van der Waals surface area contributed by atoms with Gasteiger partial charge in [0.25, 0.3) is 0 Å². The Morgan fingerprint density at radius 3 is 3.09 bits per heavy atom. The number of carbonyl (C=O) groups is 1. The highest BCUT2D eigenvalue weighted by molar-refractivity contribution is 5.73. The Hall–Kier alpha value is -2.37. The Kier molecular flexibility index (Phi) is 4.90. The SMILES string of the molecule is CCn1cnnc1CNC(=O)NCC1CCCc2ccccc21. The monoisotopic (exact) mass is 313 g/mol. The average molecular weight is 313 g/mol. The van der Waals surface area contributed by atoms with Crippen molar-refractivity contribution in [3.63, 3.8) is 0 Å². The quantitative estimate of drug-likeness (QED) is 0.889. The summed E-state index contributed by atoms with van der Waals surface area (Å²) in [6.07, 6.45) is 5.13. The summed E-state index contributed by atoms with van der Waals surface area (Å²) < 4.78 is 1.91. The molecule has 1 heterocycles. The second-order valence-electron chi connectivity index (χ2n) is 5.88. The smallest absolute Gasteiger partial charge is 0.315 e. The van der Waals surface area contributed by atoms with E-state index in [0.29, 0.717) is 19.0 Å². The van der Waals surface area contributed by atoms with Crippen LogP contribution in [0.2, 0.25) is 0 Å². The zero-order valence-electron chi connectivity index (χ0n) is 13.5. The van der Waals surface area contributed by atoms with Crippen LogP contribution in [0, 0.1) is 0 Å². The van der Waals surface area contributed by atoms with Gasteiger partial charge < -0.3 is 15.2 Å². The summed E-state index contributed by atoms with van der Waals surface area (Å²) in [4.78, 5) is 12.0. The molecule has 1 aliphatic rings. The van der Waals surface area contributed by atoms with Gasteiger partial charge in [-0.05, 0) is 37.3 Å². The highest BCUT2D eigenvalue weighted by atomic mass is 16.2. The summed E-state index contributed by atoms with van der Waals surface area (Å²) in [5.41, 5.74) is 2.80. The predicted molar refractivity (Wildman–Crippen MR) is 88.1 cm³/mol. The van der Waals surface area contributed by atoms with Crippen LogP contribution in [0.15, 0.2) is 30.6 Å². The van der Waals surface area contributed by atoms with E-state index in [9.17, 15) is 4.79 Å². The molecule has 0 saturated carbocycles. The lowest BCUT2D eigenvalue weighted by atomic mass is 9.83. The highest BCUT2D eigenvalue weighted by Crippen LogP contribution is 2.30. The Labute approximate surface area is 136 Å². The Morgan fingerprint density at radius 2 is 2.22 bits per heavy atom. The number of hydrogen-bond acceptors (Lipinski definition) is 3. The maximum atomic E-state index is 12.0. The topological polar surface area (TPSA) is 71.8 Å². The first kappa shape index (κ1) is 15.5. The van der Waals surface area contributed by atoms with Crippen molar-refractivity contribution in [3.8, 4) is 0 Å². The molecular formula is C17H23N5O. The van der Waals surface area contributed by atoms with Gasteiger partial charge in [0.15, 0.2) is 5.82 Å². The van der Waals surface area contributed by atoms with Crippen LogP contribution in [0.4, 0.5) is 4.79 Å². The van der Waals surface area contributed by atoms with Crippen LogP contribution in [0.1, 0.15) is 42.6 Å². The number of nitrogens with one attached hydrogen (secondary N) is 2. The number of fused-ring (bicyclic) bond motifs is 1. The number of aromatic nitrogens is 3. The number of benzene rings is 1. The van der Waals surface area contributed by atoms with Gasteiger partial charge in [0.1, 0.15) is 6.33 Å². The largest absolute Gasteiger partial charge is 0.338 e. The zero-order chi connectivity index (χ0) is 16.1. The second-order valence-corrected chi connectivity index (χ2v) is 5.88. The van der Waals surface area contributed by atoms with Crippen LogP contribution in [-0.4, -0.2) is 27.3 Å². The molecule has 0 aliphatic heterocycles. The lowest BCUT2D eigenvalue weighted by Gasteiger charge is -2.25. The molecule has 23 heavy (non-hydrogen) atoms. The van der Waals surface area contributed by atoms with Crippen LogP contribution >= 0.6 is 0 Å². The lowest BCUT2D eigenvalue weighted by molar-refractivity contribution is 0.239. The number of aryl methyl sites for hydroxylation is 2. The summed E-state index contributed by atoms with van der Waals surface area (Å²) in [5, 5.41) is 13.7. The molecule has 0 bridgehead atoms. The summed E-state index contributed by atoms with van der Waals surface area (Å²) in [6, 6.07) is 8.39. The normalized spacial score (nSPS) is 16.7. The van der Waals surface area contributed by atoms with E-state index in [4.69, 9.17) is 0 Å². The number of nitrogens with zero attached hydrogens (tertiary/aromatic N) is 3. The third-order valence-corrected chi connectivity index (χ3v) is 4.45. The minimum atomic E-state index is -0.154. The van der Waals surface area contributed by atoms with Crippen molar-refractivity contribution in [2.75, 3.05) is 6.54 Å². The standard InChI is InChI=1S/C17H23N5O/c1-2-22-12-20-21-16(22)11-19-17(23)18-10-14-8-5-7-13-6-3-4-9-15(13)14/h3-4,6,9,12,14H,2,5,7-8,10-11H2,1H3,(H2,18,19,23). The first-order valence-electron chi connectivity index (χ1n) is 8.24. The van der Waals surface area contributed by atoms with Gasteiger partial charge >= 0.3 is 6.03 Å². The Balaban J connectivity index is 1.50. The van der Waals surface area contributed by atoms with Gasteiger partial charge in [0, 0.05) is 19.0 Å². The highest BCUT2D eigenvalue weighted by Gasteiger charge is 2.20. The number of amides is 2. The van der Waals surface area contributed by atoms with Crippen molar-refractivity contribution < 1.29 is 4.79 Å². The van der Waals surface area contributed by atoms with E-state index in [1.807, 2.05) is 11.5 Å². The summed E-state index contributed by atoms with van der Waals surface area (Å²) >= 11 is 0. The van der Waals surface area contributed by atoms with E-state index in [1.54, 1.807) is 6.33 Å². The van der Waals surface area contributed by atoms with Crippen LogP contribution in [0.5, 0.6) is 0 Å². The molecule has 2 amide bonds. The van der Waals surface area contributed by atoms with Gasteiger partial charge in [-0.2, -0.15) is 0 Å². The molecule has 6 heteroatoms. The van der Waals surface area contributed by atoms with E-state index in [0.717, 1.165) is 25.2 Å². The molecule has 1 unspecified atom stereocenters. The first-order chi connectivity index (χ1) is 11.3. The molecule has 2 aromatic rings. The minimum Gasteiger partial charge on any atom is -0.338 e. The summed E-state index contributed by atoms with van der Waals surface area (Å²) in [5.74, 6) is 1.18. The Bertz CT molecular complexity index is 667. The van der Waals surface area contributed by atoms with Gasteiger partial charge in [0.2, 0.25) is 0 Å². The van der Waals surface area contributed by atoms with Gasteiger partial charge in [0.05, 0.1) is 6.54 Å². The predicted octanol–water partition coefficient (Wildman–Crippen LogP) is 2.22. The number of rotatable bonds is 5. The molecule has 6 nitrogen and oxygen atoms in total. The van der Waals surface area contributed by atoms with Gasteiger partial charge in [-0.1, -0.05) is 24.3 Å². The molecule has 0 fully saturated rings. The van der Waals surface area contributed by atoms with E-state index in [2.05, 4.69) is 45.1 Å². The zero-order valence-corrected chi connectivity index (χ0v) is 13.5. The van der Waals surface area contributed by atoms with Crippen molar-refractivity contribution in [2.24, 2.45) is 0 Å². The Morgan fingerprint density at radius 1 is 1.35 bits per heavy atom. The maximum Gasteiger partial charge on any atom is 0.315 e. The van der Waals surface area contributed by atoms with Crippen molar-refractivity contribution in [3.05, 3.63) is 47.5 Å². The molecule has 2 N–H and O–H groups in total. The number of hydrogen-bond donors (Lipinski definition) is 2. The summed E-state index contributed by atoms with van der Waals surface area (Å²) in [7, 11) is 0. The van der Waals surface area contributed by atoms with Crippen molar-refractivity contribution in [1.82, 2.24) is 25.4 Å². The van der Waals surface area contributed by atoms with E-state index in [1.165, 1.54) is 17.5 Å². The van der Waals surface area contributed by atoms with Gasteiger partial charge in [-0.3, -0.25) is 0 Å². The fraction of sp³-hybridized carbons (Fsp3) is 0.471. The summed E-state index contributed by atoms with van der Waals surface area (Å²) in [6.45, 7) is 3.88. The van der Waals surface area contributed by atoms with E-state index < -0.39 is 0 Å². The number of urea groups is 1. The lowest BCUT2D eigenvalue weighted by Crippen LogP contribution is -2.38. The van der Waals surface area contributed by atoms with Crippen LogP contribution in [-0.2, 0) is 19.5 Å². The van der Waals surface area contributed by atoms with Gasteiger partial charge in [-0.25, -0.2) is 4.79 Å². The fourth-order valence-corrected chi connectivity index (χ4v) is 3.18.